The first kappa shape index (κ1) is 17.4. The fourth-order valence-electron chi connectivity index (χ4n) is 2.77. The van der Waals surface area contributed by atoms with Crippen molar-refractivity contribution >= 4 is 21.4 Å². The smallest absolute Gasteiger partial charge is 0.214 e. The van der Waals surface area contributed by atoms with E-state index >= 15 is 0 Å². The van der Waals surface area contributed by atoms with Crippen molar-refractivity contribution in [2.45, 2.75) is 57.9 Å². The van der Waals surface area contributed by atoms with E-state index in [1.54, 1.807) is 18.4 Å². The summed E-state index contributed by atoms with van der Waals surface area (Å²) < 4.78 is 26.5. The van der Waals surface area contributed by atoms with Gasteiger partial charge in [0.1, 0.15) is 0 Å². The number of nitriles is 1. The maximum absolute atomic E-state index is 12.5. The molecule has 1 aromatic heterocycles. The molecule has 7 heteroatoms. The van der Waals surface area contributed by atoms with E-state index in [1.165, 1.54) is 4.31 Å². The van der Waals surface area contributed by atoms with Gasteiger partial charge in [-0.2, -0.15) is 9.57 Å². The zero-order valence-electron chi connectivity index (χ0n) is 13.2. The number of thiazole rings is 1. The molecule has 0 saturated heterocycles. The summed E-state index contributed by atoms with van der Waals surface area (Å²) in [5.74, 6) is 0.121. The van der Waals surface area contributed by atoms with Crippen LogP contribution >= 0.6 is 11.3 Å². The van der Waals surface area contributed by atoms with Crippen LogP contribution in [0.15, 0.2) is 0 Å². The monoisotopic (exact) mass is 341 g/mol. The molecule has 1 aromatic rings. The van der Waals surface area contributed by atoms with Gasteiger partial charge in [-0.05, 0) is 38.5 Å². The first-order valence-corrected chi connectivity index (χ1v) is 10.2. The Morgan fingerprint density at radius 2 is 2.23 bits per heavy atom. The Labute approximate surface area is 137 Å². The van der Waals surface area contributed by atoms with Gasteiger partial charge in [-0.3, -0.25) is 0 Å². The molecular weight excluding hydrogens is 318 g/mol. The second-order valence-corrected chi connectivity index (χ2v) is 8.89. The number of unbranched alkanes of at least 4 members (excludes halogenated alkanes) is 2. The topological polar surface area (TPSA) is 74.1 Å². The van der Waals surface area contributed by atoms with Crippen LogP contribution in [0, 0.1) is 11.3 Å². The molecule has 1 aliphatic rings. The van der Waals surface area contributed by atoms with Gasteiger partial charge in [0.2, 0.25) is 10.0 Å². The largest absolute Gasteiger partial charge is 0.246 e. The van der Waals surface area contributed by atoms with Crippen molar-refractivity contribution in [1.29, 1.82) is 5.26 Å². The summed E-state index contributed by atoms with van der Waals surface area (Å²) in [7, 11) is -1.59. The van der Waals surface area contributed by atoms with Gasteiger partial charge in [0.15, 0.2) is 0 Å². The summed E-state index contributed by atoms with van der Waals surface area (Å²) in [5.41, 5.74) is 1.09. The van der Waals surface area contributed by atoms with E-state index in [2.05, 4.69) is 18.0 Å². The Hall–Kier alpha value is -0.970. The molecule has 122 valence electrons. The van der Waals surface area contributed by atoms with E-state index in [9.17, 15) is 8.42 Å². The van der Waals surface area contributed by atoms with Crippen LogP contribution in [0.1, 0.15) is 60.6 Å². The van der Waals surface area contributed by atoms with Crippen LogP contribution in [0.2, 0.25) is 0 Å². The lowest BCUT2D eigenvalue weighted by Crippen LogP contribution is -2.34. The lowest BCUT2D eigenvalue weighted by molar-refractivity contribution is 0.340. The van der Waals surface area contributed by atoms with Crippen LogP contribution in [0.3, 0.4) is 0 Å². The Morgan fingerprint density at radius 1 is 1.45 bits per heavy atom. The predicted octanol–water partition coefficient (Wildman–Crippen LogP) is 3.04. The van der Waals surface area contributed by atoms with E-state index < -0.39 is 10.0 Å². The fraction of sp³-hybridized carbons (Fsp3) is 0.733. The quantitative estimate of drug-likeness (QED) is 0.715. The van der Waals surface area contributed by atoms with Crippen molar-refractivity contribution in [3.05, 3.63) is 15.6 Å². The summed E-state index contributed by atoms with van der Waals surface area (Å²) >= 11 is 1.66. The lowest BCUT2D eigenvalue weighted by Gasteiger charge is -2.29. The number of nitrogens with zero attached hydrogens (tertiary/aromatic N) is 3. The molecule has 0 bridgehead atoms. The zero-order valence-corrected chi connectivity index (χ0v) is 14.8. The molecule has 1 aliphatic carbocycles. The highest BCUT2D eigenvalue weighted by Gasteiger charge is 2.32. The second kappa shape index (κ2) is 7.53. The number of hydrogen-bond acceptors (Lipinski definition) is 5. The first-order chi connectivity index (χ1) is 10.5. The molecule has 0 unspecified atom stereocenters. The summed E-state index contributed by atoms with van der Waals surface area (Å²) in [6, 6.07) is 1.99. The van der Waals surface area contributed by atoms with E-state index in [1.807, 2.05) is 0 Å². The third-order valence-electron chi connectivity index (χ3n) is 4.09. The molecule has 0 radical (unpaired) electrons. The first-order valence-electron chi connectivity index (χ1n) is 7.80. The van der Waals surface area contributed by atoms with Crippen molar-refractivity contribution in [2.24, 2.45) is 0 Å². The van der Waals surface area contributed by atoms with E-state index in [4.69, 9.17) is 5.26 Å². The lowest BCUT2D eigenvalue weighted by atomic mass is 9.98. The Morgan fingerprint density at radius 3 is 2.91 bits per heavy atom. The Balaban J connectivity index is 2.11. The normalized spacial score (nSPS) is 18.2. The van der Waals surface area contributed by atoms with Gasteiger partial charge in [-0.25, -0.2) is 13.4 Å². The third kappa shape index (κ3) is 3.86. The minimum absolute atomic E-state index is 0.0671. The summed E-state index contributed by atoms with van der Waals surface area (Å²) in [5, 5.41) is 9.62. The predicted molar refractivity (Wildman–Crippen MR) is 88.2 cm³/mol. The maximum atomic E-state index is 12.5. The van der Waals surface area contributed by atoms with E-state index in [0.29, 0.717) is 19.3 Å². The van der Waals surface area contributed by atoms with Crippen LogP contribution in [0.4, 0.5) is 0 Å². The summed E-state index contributed by atoms with van der Waals surface area (Å²) in [6.45, 7) is 2.08. The SMILES string of the molecule is CCc1nc2c(s1)[C@@H](N(C)S(=O)(=O)CCCCC#N)CCC2. The minimum atomic E-state index is -3.28. The molecule has 2 rings (SSSR count). The summed E-state index contributed by atoms with van der Waals surface area (Å²) in [4.78, 5) is 5.76. The van der Waals surface area contributed by atoms with Gasteiger partial charge >= 0.3 is 0 Å². The van der Waals surface area contributed by atoms with Crippen LogP contribution in [-0.2, 0) is 22.9 Å². The highest BCUT2D eigenvalue weighted by atomic mass is 32.2. The highest BCUT2D eigenvalue weighted by molar-refractivity contribution is 7.89. The molecule has 1 heterocycles. The number of fused-ring (bicyclic) bond motifs is 1. The van der Waals surface area contributed by atoms with Gasteiger partial charge in [-0.15, -0.1) is 11.3 Å². The highest BCUT2D eigenvalue weighted by Crippen LogP contribution is 2.38. The average Bonchev–Trinajstić information content (AvgIpc) is 2.94. The molecule has 1 atom stereocenters. The van der Waals surface area contributed by atoms with Gasteiger partial charge < -0.3 is 0 Å². The van der Waals surface area contributed by atoms with Crippen LogP contribution < -0.4 is 0 Å². The van der Waals surface area contributed by atoms with Crippen LogP contribution in [0.25, 0.3) is 0 Å². The maximum Gasteiger partial charge on any atom is 0.214 e. The molecular formula is C15H23N3O2S2. The Kier molecular flexibility index (Phi) is 5.95. The van der Waals surface area contributed by atoms with E-state index in [0.717, 1.165) is 41.3 Å². The number of hydrogen-bond donors (Lipinski definition) is 0. The molecule has 0 aromatic carbocycles. The molecule has 0 saturated carbocycles. The van der Waals surface area contributed by atoms with Crippen molar-refractivity contribution in [3.63, 3.8) is 0 Å². The molecule has 0 fully saturated rings. The third-order valence-corrected chi connectivity index (χ3v) is 7.37. The van der Waals surface area contributed by atoms with Crippen molar-refractivity contribution in [3.8, 4) is 6.07 Å². The standard InChI is InChI=1S/C15H23N3O2S2/c1-3-14-17-12-8-7-9-13(15(12)21-14)18(2)22(19,20)11-6-4-5-10-16/h13H,3-9,11H2,1-2H3/t13-/m0/s1. The molecule has 22 heavy (non-hydrogen) atoms. The van der Waals surface area contributed by atoms with Gasteiger partial charge in [0.05, 0.1) is 28.6 Å². The fourth-order valence-corrected chi connectivity index (χ4v) is 5.53. The van der Waals surface area contributed by atoms with E-state index in [-0.39, 0.29) is 11.8 Å². The number of sulfonamides is 1. The zero-order chi connectivity index (χ0) is 16.2. The molecule has 0 amide bonds. The van der Waals surface area contributed by atoms with Crippen molar-refractivity contribution in [1.82, 2.24) is 9.29 Å². The minimum Gasteiger partial charge on any atom is -0.246 e. The van der Waals surface area contributed by atoms with Gasteiger partial charge in [-0.1, -0.05) is 6.92 Å². The summed E-state index contributed by atoms with van der Waals surface area (Å²) in [6.07, 6.45) is 5.31. The molecule has 0 aliphatic heterocycles. The molecule has 5 nitrogen and oxygen atoms in total. The van der Waals surface area contributed by atoms with Gasteiger partial charge in [0.25, 0.3) is 0 Å². The van der Waals surface area contributed by atoms with Crippen LogP contribution in [-0.4, -0.2) is 30.5 Å². The molecule has 0 spiro atoms. The average molecular weight is 342 g/mol. The van der Waals surface area contributed by atoms with Gasteiger partial charge in [0, 0.05) is 18.3 Å². The van der Waals surface area contributed by atoms with Crippen LogP contribution in [0.5, 0.6) is 0 Å². The molecule has 0 N–H and O–H groups in total. The van der Waals surface area contributed by atoms with Crippen molar-refractivity contribution < 1.29 is 8.42 Å². The number of aryl methyl sites for hydroxylation is 2. The van der Waals surface area contributed by atoms with Crippen molar-refractivity contribution in [2.75, 3.05) is 12.8 Å². The number of aromatic nitrogens is 1. The number of rotatable bonds is 7. The second-order valence-electron chi connectivity index (χ2n) is 5.63. The Bertz CT molecular complexity index is 646.